The third-order valence-electron chi connectivity index (χ3n) is 4.38. The van der Waals surface area contributed by atoms with Gasteiger partial charge in [0.05, 0.1) is 13.2 Å². The number of hydrogen-bond acceptors (Lipinski definition) is 3. The predicted molar refractivity (Wildman–Crippen MR) is 99.0 cm³/mol. The SMILES string of the molecule is CCNC(=NCCOCCC(C)C)NC1CN(C(C)C)CC1C. The van der Waals surface area contributed by atoms with Gasteiger partial charge in [-0.25, -0.2) is 0 Å². The first-order chi connectivity index (χ1) is 10.9. The Morgan fingerprint density at radius 1 is 1.22 bits per heavy atom. The highest BCUT2D eigenvalue weighted by atomic mass is 16.5. The highest BCUT2D eigenvalue weighted by Gasteiger charge is 2.31. The van der Waals surface area contributed by atoms with Crippen LogP contribution in [-0.2, 0) is 4.74 Å². The van der Waals surface area contributed by atoms with E-state index in [1.165, 1.54) is 0 Å². The third kappa shape index (κ3) is 8.02. The molecule has 2 unspecified atom stereocenters. The van der Waals surface area contributed by atoms with E-state index in [4.69, 9.17) is 4.74 Å². The van der Waals surface area contributed by atoms with E-state index >= 15 is 0 Å². The first-order valence-corrected chi connectivity index (χ1v) is 9.30. The standard InChI is InChI=1S/C18H38N4O/c1-7-19-18(20-9-11-23-10-8-14(2)3)21-17-13-22(15(4)5)12-16(17)6/h14-17H,7-13H2,1-6H3,(H2,19,20,21). The summed E-state index contributed by atoms with van der Waals surface area (Å²) in [7, 11) is 0. The van der Waals surface area contributed by atoms with E-state index in [0.717, 1.165) is 38.6 Å². The lowest BCUT2D eigenvalue weighted by atomic mass is 10.1. The summed E-state index contributed by atoms with van der Waals surface area (Å²) >= 11 is 0. The summed E-state index contributed by atoms with van der Waals surface area (Å²) in [6.07, 6.45) is 1.12. The molecule has 0 aromatic heterocycles. The molecule has 0 amide bonds. The fraction of sp³-hybridized carbons (Fsp3) is 0.944. The van der Waals surface area contributed by atoms with Crippen LogP contribution < -0.4 is 10.6 Å². The average Bonchev–Trinajstić information content (AvgIpc) is 2.84. The lowest BCUT2D eigenvalue weighted by molar-refractivity contribution is 0.130. The molecular weight excluding hydrogens is 288 g/mol. The summed E-state index contributed by atoms with van der Waals surface area (Å²) in [5.74, 6) is 2.26. The zero-order chi connectivity index (χ0) is 17.2. The van der Waals surface area contributed by atoms with E-state index in [9.17, 15) is 0 Å². The lowest BCUT2D eigenvalue weighted by Crippen LogP contribution is -2.47. The van der Waals surface area contributed by atoms with E-state index < -0.39 is 0 Å². The van der Waals surface area contributed by atoms with Crippen LogP contribution in [0.2, 0.25) is 0 Å². The average molecular weight is 327 g/mol. The smallest absolute Gasteiger partial charge is 0.191 e. The molecule has 5 nitrogen and oxygen atoms in total. The minimum absolute atomic E-state index is 0.469. The molecule has 1 aliphatic rings. The maximum absolute atomic E-state index is 5.64. The molecule has 136 valence electrons. The fourth-order valence-corrected chi connectivity index (χ4v) is 2.75. The molecule has 0 aromatic carbocycles. The number of aliphatic imine (C=N–C) groups is 1. The predicted octanol–water partition coefficient (Wildman–Crippen LogP) is 2.33. The number of hydrogen-bond donors (Lipinski definition) is 2. The molecule has 1 fully saturated rings. The zero-order valence-corrected chi connectivity index (χ0v) is 16.1. The van der Waals surface area contributed by atoms with Crippen molar-refractivity contribution < 1.29 is 4.74 Å². The first-order valence-electron chi connectivity index (χ1n) is 9.30. The Labute approximate surface area is 143 Å². The Bertz CT molecular complexity index is 344. The molecule has 1 aliphatic heterocycles. The molecule has 0 spiro atoms. The van der Waals surface area contributed by atoms with Gasteiger partial charge in [0.15, 0.2) is 5.96 Å². The summed E-state index contributed by atoms with van der Waals surface area (Å²) in [6.45, 7) is 18.8. The quantitative estimate of drug-likeness (QED) is 0.388. The van der Waals surface area contributed by atoms with Crippen LogP contribution in [0.25, 0.3) is 0 Å². The van der Waals surface area contributed by atoms with Gasteiger partial charge in [0, 0.05) is 38.3 Å². The van der Waals surface area contributed by atoms with Crippen molar-refractivity contribution in [1.29, 1.82) is 0 Å². The Morgan fingerprint density at radius 3 is 2.52 bits per heavy atom. The van der Waals surface area contributed by atoms with Gasteiger partial charge in [0.2, 0.25) is 0 Å². The van der Waals surface area contributed by atoms with Crippen molar-refractivity contribution in [3.05, 3.63) is 0 Å². The van der Waals surface area contributed by atoms with Gasteiger partial charge < -0.3 is 15.4 Å². The Morgan fingerprint density at radius 2 is 1.96 bits per heavy atom. The molecule has 0 aliphatic carbocycles. The molecule has 5 heteroatoms. The van der Waals surface area contributed by atoms with Crippen LogP contribution in [-0.4, -0.2) is 62.3 Å². The molecule has 1 rings (SSSR count). The van der Waals surface area contributed by atoms with E-state index in [2.05, 4.69) is 62.1 Å². The Kier molecular flexibility index (Phi) is 9.56. The van der Waals surface area contributed by atoms with Crippen molar-refractivity contribution in [3.8, 4) is 0 Å². The summed E-state index contributed by atoms with van der Waals surface area (Å²) in [4.78, 5) is 7.18. The van der Waals surface area contributed by atoms with Crippen molar-refractivity contribution in [2.45, 2.75) is 60.0 Å². The van der Waals surface area contributed by atoms with Crippen molar-refractivity contribution in [2.75, 3.05) is 39.4 Å². The molecule has 0 radical (unpaired) electrons. The largest absolute Gasteiger partial charge is 0.380 e. The molecular formula is C18H38N4O. The summed E-state index contributed by atoms with van der Waals surface area (Å²) < 4.78 is 5.64. The maximum atomic E-state index is 5.64. The molecule has 1 saturated heterocycles. The summed E-state index contributed by atoms with van der Waals surface area (Å²) in [5.41, 5.74) is 0. The van der Waals surface area contributed by atoms with Crippen molar-refractivity contribution in [2.24, 2.45) is 16.8 Å². The van der Waals surface area contributed by atoms with Gasteiger partial charge in [-0.05, 0) is 39.0 Å². The molecule has 1 heterocycles. The number of rotatable bonds is 9. The second-order valence-corrected chi connectivity index (χ2v) is 7.33. The van der Waals surface area contributed by atoms with Gasteiger partial charge in [0.1, 0.15) is 0 Å². The van der Waals surface area contributed by atoms with Crippen LogP contribution in [0, 0.1) is 11.8 Å². The van der Waals surface area contributed by atoms with Crippen LogP contribution in [0.3, 0.4) is 0 Å². The first kappa shape index (κ1) is 20.2. The highest BCUT2D eigenvalue weighted by molar-refractivity contribution is 5.80. The van der Waals surface area contributed by atoms with Crippen LogP contribution in [0.5, 0.6) is 0 Å². The minimum Gasteiger partial charge on any atom is -0.380 e. The normalized spacial score (nSPS) is 23.0. The van der Waals surface area contributed by atoms with E-state index in [1.807, 2.05) is 0 Å². The molecule has 0 aromatic rings. The van der Waals surface area contributed by atoms with Crippen LogP contribution in [0.1, 0.15) is 48.0 Å². The maximum Gasteiger partial charge on any atom is 0.191 e. The van der Waals surface area contributed by atoms with Gasteiger partial charge in [-0.3, -0.25) is 9.89 Å². The number of ether oxygens (including phenoxy) is 1. The van der Waals surface area contributed by atoms with E-state index in [1.54, 1.807) is 0 Å². The van der Waals surface area contributed by atoms with Gasteiger partial charge in [-0.15, -0.1) is 0 Å². The van der Waals surface area contributed by atoms with Crippen LogP contribution >= 0.6 is 0 Å². The molecule has 2 N–H and O–H groups in total. The minimum atomic E-state index is 0.469. The molecule has 0 saturated carbocycles. The van der Waals surface area contributed by atoms with Crippen molar-refractivity contribution in [3.63, 3.8) is 0 Å². The summed E-state index contributed by atoms with van der Waals surface area (Å²) in [6, 6.07) is 1.08. The second kappa shape index (κ2) is 10.9. The topological polar surface area (TPSA) is 48.9 Å². The van der Waals surface area contributed by atoms with Crippen LogP contribution in [0.4, 0.5) is 0 Å². The van der Waals surface area contributed by atoms with E-state index in [0.29, 0.717) is 37.1 Å². The number of guanidine groups is 1. The Balaban J connectivity index is 2.37. The van der Waals surface area contributed by atoms with E-state index in [-0.39, 0.29) is 0 Å². The zero-order valence-electron chi connectivity index (χ0n) is 16.1. The highest BCUT2D eigenvalue weighted by Crippen LogP contribution is 2.18. The summed E-state index contributed by atoms with van der Waals surface area (Å²) in [5, 5.41) is 6.95. The number of likely N-dealkylation sites (tertiary alicyclic amines) is 1. The van der Waals surface area contributed by atoms with Crippen molar-refractivity contribution >= 4 is 5.96 Å². The van der Waals surface area contributed by atoms with Crippen molar-refractivity contribution in [1.82, 2.24) is 15.5 Å². The van der Waals surface area contributed by atoms with Gasteiger partial charge >= 0.3 is 0 Å². The molecule has 2 atom stereocenters. The third-order valence-corrected chi connectivity index (χ3v) is 4.38. The number of nitrogens with zero attached hydrogens (tertiary/aromatic N) is 2. The number of nitrogens with one attached hydrogen (secondary N) is 2. The second-order valence-electron chi connectivity index (χ2n) is 7.33. The molecule has 0 bridgehead atoms. The van der Waals surface area contributed by atoms with Gasteiger partial charge in [-0.1, -0.05) is 20.8 Å². The fourth-order valence-electron chi connectivity index (χ4n) is 2.75. The monoisotopic (exact) mass is 326 g/mol. The molecule has 23 heavy (non-hydrogen) atoms. The van der Waals surface area contributed by atoms with Gasteiger partial charge in [-0.2, -0.15) is 0 Å². The van der Waals surface area contributed by atoms with Gasteiger partial charge in [0.25, 0.3) is 0 Å². The Hall–Kier alpha value is -0.810. The van der Waals surface area contributed by atoms with Crippen LogP contribution in [0.15, 0.2) is 4.99 Å². The lowest BCUT2D eigenvalue weighted by Gasteiger charge is -2.22.